The zero-order valence-corrected chi connectivity index (χ0v) is 12.5. The number of urea groups is 1. The van der Waals surface area contributed by atoms with E-state index in [2.05, 4.69) is 29.5 Å². The molecule has 2 amide bonds. The van der Waals surface area contributed by atoms with E-state index in [-0.39, 0.29) is 12.1 Å². The summed E-state index contributed by atoms with van der Waals surface area (Å²) in [5, 5.41) is 5.59. The first-order valence-corrected chi connectivity index (χ1v) is 6.68. The van der Waals surface area contributed by atoms with Crippen LogP contribution in [-0.4, -0.2) is 37.4 Å². The van der Waals surface area contributed by atoms with E-state index in [4.69, 9.17) is 9.47 Å². The molecule has 0 spiro atoms. The van der Waals surface area contributed by atoms with Gasteiger partial charge >= 0.3 is 6.03 Å². The van der Waals surface area contributed by atoms with Gasteiger partial charge in [-0.2, -0.15) is 0 Å². The number of hydrogen-bond acceptors (Lipinski definition) is 4. The van der Waals surface area contributed by atoms with Crippen molar-refractivity contribution in [2.75, 3.05) is 25.6 Å². The molecule has 0 bridgehead atoms. The van der Waals surface area contributed by atoms with Crippen LogP contribution in [0.3, 0.4) is 0 Å². The molecule has 0 aliphatic carbocycles. The Morgan fingerprint density at radius 2 is 2.05 bits per heavy atom. The molecule has 6 nitrogen and oxygen atoms in total. The van der Waals surface area contributed by atoms with Crippen LogP contribution in [0.4, 0.5) is 10.5 Å². The topological polar surface area (TPSA) is 72.5 Å². The predicted molar refractivity (Wildman–Crippen MR) is 78.1 cm³/mol. The third kappa shape index (κ3) is 5.88. The minimum Gasteiger partial charge on any atom is -0.475 e. The van der Waals surface area contributed by atoms with Gasteiger partial charge in [-0.1, -0.05) is 13.8 Å². The van der Waals surface area contributed by atoms with Crippen molar-refractivity contribution >= 4 is 11.7 Å². The van der Waals surface area contributed by atoms with Gasteiger partial charge in [0.25, 0.3) is 0 Å². The number of nitrogens with zero attached hydrogens (tertiary/aromatic N) is 1. The summed E-state index contributed by atoms with van der Waals surface area (Å²) >= 11 is 0. The van der Waals surface area contributed by atoms with E-state index in [1.54, 1.807) is 25.4 Å². The van der Waals surface area contributed by atoms with Crippen molar-refractivity contribution in [1.82, 2.24) is 10.3 Å². The number of amides is 2. The lowest BCUT2D eigenvalue weighted by molar-refractivity contribution is 0.144. The number of nitrogens with one attached hydrogen (secondary N) is 2. The minimum absolute atomic E-state index is 0.111. The second kappa shape index (κ2) is 8.37. The fourth-order valence-electron chi connectivity index (χ4n) is 1.31. The van der Waals surface area contributed by atoms with E-state index in [0.717, 1.165) is 0 Å². The van der Waals surface area contributed by atoms with Gasteiger partial charge in [-0.15, -0.1) is 0 Å². The van der Waals surface area contributed by atoms with Crippen LogP contribution in [0.25, 0.3) is 0 Å². The Morgan fingerprint density at radius 3 is 2.60 bits per heavy atom. The van der Waals surface area contributed by atoms with Crippen molar-refractivity contribution in [3.8, 4) is 5.88 Å². The van der Waals surface area contributed by atoms with Crippen LogP contribution in [-0.2, 0) is 4.74 Å². The lowest BCUT2D eigenvalue weighted by Crippen LogP contribution is -2.39. The summed E-state index contributed by atoms with van der Waals surface area (Å²) in [7, 11) is 1.61. The van der Waals surface area contributed by atoms with Gasteiger partial charge in [-0.25, -0.2) is 9.78 Å². The highest BCUT2D eigenvalue weighted by Crippen LogP contribution is 2.11. The van der Waals surface area contributed by atoms with Crippen molar-refractivity contribution in [2.24, 2.45) is 5.92 Å². The third-order valence-corrected chi connectivity index (χ3v) is 2.89. The molecular formula is C14H23N3O3. The van der Waals surface area contributed by atoms with Crippen molar-refractivity contribution in [3.63, 3.8) is 0 Å². The zero-order chi connectivity index (χ0) is 15.0. The standard InChI is InChI=1S/C14H23N3O3/c1-10(2)11(3)16-14(18)17-12-5-6-13(15-9-12)20-8-7-19-4/h5-6,9-11H,7-8H2,1-4H3,(H2,16,17,18). The van der Waals surface area contributed by atoms with Crippen molar-refractivity contribution in [3.05, 3.63) is 18.3 Å². The molecule has 112 valence electrons. The number of carbonyl (C=O) groups excluding carboxylic acids is 1. The average Bonchev–Trinajstić information content (AvgIpc) is 2.40. The SMILES string of the molecule is COCCOc1ccc(NC(=O)NC(C)C(C)C)cn1. The first-order valence-electron chi connectivity index (χ1n) is 6.68. The highest BCUT2D eigenvalue weighted by Gasteiger charge is 2.10. The Hall–Kier alpha value is -1.82. The summed E-state index contributed by atoms with van der Waals surface area (Å²) in [6, 6.07) is 3.33. The van der Waals surface area contributed by atoms with Crippen LogP contribution in [0.1, 0.15) is 20.8 Å². The molecule has 0 saturated carbocycles. The van der Waals surface area contributed by atoms with E-state index in [1.165, 1.54) is 0 Å². The van der Waals surface area contributed by atoms with Gasteiger partial charge in [-0.05, 0) is 18.9 Å². The monoisotopic (exact) mass is 281 g/mol. The fourth-order valence-corrected chi connectivity index (χ4v) is 1.31. The molecule has 20 heavy (non-hydrogen) atoms. The second-order valence-electron chi connectivity index (χ2n) is 4.86. The maximum absolute atomic E-state index is 11.7. The molecule has 6 heteroatoms. The van der Waals surface area contributed by atoms with Gasteiger partial charge in [0.15, 0.2) is 0 Å². The number of anilines is 1. The van der Waals surface area contributed by atoms with Crippen LogP contribution in [0.2, 0.25) is 0 Å². The third-order valence-electron chi connectivity index (χ3n) is 2.89. The summed E-state index contributed by atoms with van der Waals surface area (Å²) in [5.41, 5.74) is 0.623. The highest BCUT2D eigenvalue weighted by molar-refractivity contribution is 5.89. The van der Waals surface area contributed by atoms with E-state index in [9.17, 15) is 4.79 Å². The molecule has 0 fully saturated rings. The van der Waals surface area contributed by atoms with Gasteiger partial charge in [0.1, 0.15) is 6.61 Å². The quantitative estimate of drug-likeness (QED) is 0.752. The molecule has 1 unspecified atom stereocenters. The maximum Gasteiger partial charge on any atom is 0.319 e. The summed E-state index contributed by atoms with van der Waals surface area (Å²) in [6.07, 6.45) is 1.56. The number of hydrogen-bond donors (Lipinski definition) is 2. The lowest BCUT2D eigenvalue weighted by Gasteiger charge is -2.17. The van der Waals surface area contributed by atoms with E-state index in [1.807, 2.05) is 6.92 Å². The molecule has 0 aromatic carbocycles. The molecule has 1 aromatic rings. The van der Waals surface area contributed by atoms with E-state index >= 15 is 0 Å². The first-order chi connectivity index (χ1) is 9.52. The van der Waals surface area contributed by atoms with Crippen molar-refractivity contribution in [2.45, 2.75) is 26.8 Å². The largest absolute Gasteiger partial charge is 0.475 e. The molecule has 0 aliphatic rings. The first kappa shape index (κ1) is 16.2. The molecule has 0 radical (unpaired) electrons. The van der Waals surface area contributed by atoms with Crippen LogP contribution < -0.4 is 15.4 Å². The van der Waals surface area contributed by atoms with Gasteiger partial charge in [0.2, 0.25) is 5.88 Å². The molecule has 0 aliphatic heterocycles. The summed E-state index contributed by atoms with van der Waals surface area (Å²) in [6.45, 7) is 7.03. The van der Waals surface area contributed by atoms with Gasteiger partial charge < -0.3 is 20.1 Å². The van der Waals surface area contributed by atoms with Gasteiger partial charge in [0, 0.05) is 19.2 Å². The summed E-state index contributed by atoms with van der Waals surface area (Å²) in [5.74, 6) is 0.888. The molecule has 1 heterocycles. The smallest absolute Gasteiger partial charge is 0.319 e. The minimum atomic E-state index is -0.235. The van der Waals surface area contributed by atoms with E-state index in [0.29, 0.717) is 30.7 Å². The predicted octanol–water partition coefficient (Wildman–Crippen LogP) is 2.27. The number of ether oxygens (including phenoxy) is 2. The Bertz CT molecular complexity index is 407. The molecular weight excluding hydrogens is 258 g/mol. The number of methoxy groups -OCH3 is 1. The maximum atomic E-state index is 11.7. The fraction of sp³-hybridized carbons (Fsp3) is 0.571. The van der Waals surface area contributed by atoms with Gasteiger partial charge in [-0.3, -0.25) is 0 Å². The summed E-state index contributed by atoms with van der Waals surface area (Å²) in [4.78, 5) is 15.8. The van der Waals surface area contributed by atoms with Crippen molar-refractivity contribution < 1.29 is 14.3 Å². The van der Waals surface area contributed by atoms with Crippen LogP contribution in [0.5, 0.6) is 5.88 Å². The Labute approximate surface area is 119 Å². The van der Waals surface area contributed by atoms with Crippen molar-refractivity contribution in [1.29, 1.82) is 0 Å². The lowest BCUT2D eigenvalue weighted by atomic mass is 10.1. The molecule has 1 aromatic heterocycles. The molecule has 2 N–H and O–H groups in total. The van der Waals surface area contributed by atoms with Crippen LogP contribution in [0, 0.1) is 5.92 Å². The second-order valence-corrected chi connectivity index (χ2v) is 4.86. The van der Waals surface area contributed by atoms with Gasteiger partial charge in [0.05, 0.1) is 18.5 Å². The Kier molecular flexibility index (Phi) is 6.79. The molecule has 1 atom stereocenters. The average molecular weight is 281 g/mol. The van der Waals surface area contributed by atoms with Crippen LogP contribution in [0.15, 0.2) is 18.3 Å². The number of pyridine rings is 1. The Morgan fingerprint density at radius 1 is 1.30 bits per heavy atom. The van der Waals surface area contributed by atoms with E-state index < -0.39 is 0 Å². The number of carbonyl (C=O) groups is 1. The highest BCUT2D eigenvalue weighted by atomic mass is 16.5. The van der Waals surface area contributed by atoms with Crippen LogP contribution >= 0.6 is 0 Å². The normalized spacial score (nSPS) is 12.1. The number of aromatic nitrogens is 1. The molecule has 0 saturated heterocycles. The Balaban J connectivity index is 2.42. The summed E-state index contributed by atoms with van der Waals surface area (Å²) < 4.78 is 10.2. The number of rotatable bonds is 7. The zero-order valence-electron chi connectivity index (χ0n) is 12.5. The molecule has 1 rings (SSSR count).